The predicted molar refractivity (Wildman–Crippen MR) is 106 cm³/mol. The Hall–Kier alpha value is -2.78. The zero-order valence-electron chi connectivity index (χ0n) is 13.6. The SMILES string of the molecule is c1ccc(CSc2nc3ccccc3c3cc4ccccc4n23)cc1. The number of aromatic nitrogens is 2. The zero-order valence-corrected chi connectivity index (χ0v) is 14.4. The molecule has 5 rings (SSSR count). The molecule has 0 atom stereocenters. The number of nitrogens with zero attached hydrogens (tertiary/aromatic N) is 2. The van der Waals surface area contributed by atoms with E-state index < -0.39 is 0 Å². The summed E-state index contributed by atoms with van der Waals surface area (Å²) < 4.78 is 2.30. The van der Waals surface area contributed by atoms with E-state index in [2.05, 4.69) is 89.3 Å². The van der Waals surface area contributed by atoms with Crippen molar-refractivity contribution in [3.63, 3.8) is 0 Å². The molecule has 0 aliphatic carbocycles. The Bertz CT molecular complexity index is 1190. The second-order valence-corrected chi connectivity index (χ2v) is 7.05. The highest BCUT2D eigenvalue weighted by Crippen LogP contribution is 2.32. The molecule has 120 valence electrons. The molecular formula is C22H16N2S. The molecule has 2 heterocycles. The van der Waals surface area contributed by atoms with Gasteiger partial charge in [-0.3, -0.25) is 4.40 Å². The molecule has 0 bridgehead atoms. The first-order valence-electron chi connectivity index (χ1n) is 8.36. The normalized spacial score (nSPS) is 11.5. The minimum Gasteiger partial charge on any atom is -0.288 e. The standard InChI is InChI=1S/C22H16N2S/c1-2-8-16(9-3-1)15-25-22-23-19-12-6-5-11-18(19)21-14-17-10-4-7-13-20(17)24(21)22/h1-14H,15H2. The number of para-hydroxylation sites is 2. The Morgan fingerprint density at radius 3 is 2.44 bits per heavy atom. The third-order valence-corrected chi connectivity index (χ3v) is 5.52. The van der Waals surface area contributed by atoms with E-state index in [4.69, 9.17) is 4.98 Å². The van der Waals surface area contributed by atoms with Crippen molar-refractivity contribution in [1.29, 1.82) is 0 Å². The van der Waals surface area contributed by atoms with Crippen molar-refractivity contribution in [3.05, 3.63) is 90.5 Å². The Morgan fingerprint density at radius 2 is 1.52 bits per heavy atom. The van der Waals surface area contributed by atoms with Crippen LogP contribution in [0, 0.1) is 0 Å². The van der Waals surface area contributed by atoms with Gasteiger partial charge in [-0.05, 0) is 23.8 Å². The molecular weight excluding hydrogens is 324 g/mol. The van der Waals surface area contributed by atoms with E-state index >= 15 is 0 Å². The molecule has 5 aromatic rings. The third-order valence-electron chi connectivity index (χ3n) is 4.51. The molecule has 25 heavy (non-hydrogen) atoms. The minimum atomic E-state index is 0.911. The minimum absolute atomic E-state index is 0.911. The highest BCUT2D eigenvalue weighted by molar-refractivity contribution is 7.98. The van der Waals surface area contributed by atoms with E-state index in [1.807, 2.05) is 0 Å². The summed E-state index contributed by atoms with van der Waals surface area (Å²) in [5.41, 5.74) is 4.80. The lowest BCUT2D eigenvalue weighted by atomic mass is 10.2. The summed E-state index contributed by atoms with van der Waals surface area (Å²) >= 11 is 1.79. The fraction of sp³-hybridized carbons (Fsp3) is 0.0455. The van der Waals surface area contributed by atoms with E-state index in [9.17, 15) is 0 Å². The molecule has 0 aliphatic heterocycles. The maximum atomic E-state index is 4.97. The fourth-order valence-corrected chi connectivity index (χ4v) is 4.30. The lowest BCUT2D eigenvalue weighted by Crippen LogP contribution is -1.96. The van der Waals surface area contributed by atoms with Crippen LogP contribution in [0.5, 0.6) is 0 Å². The van der Waals surface area contributed by atoms with Crippen LogP contribution in [0.4, 0.5) is 0 Å². The van der Waals surface area contributed by atoms with Crippen molar-refractivity contribution in [3.8, 4) is 0 Å². The summed E-state index contributed by atoms with van der Waals surface area (Å²) in [6.45, 7) is 0. The molecule has 3 heteroatoms. The van der Waals surface area contributed by atoms with E-state index in [0.29, 0.717) is 0 Å². The molecule has 0 amide bonds. The molecule has 0 aliphatic rings. The second-order valence-electron chi connectivity index (χ2n) is 6.11. The van der Waals surface area contributed by atoms with Crippen LogP contribution in [0.3, 0.4) is 0 Å². The summed E-state index contributed by atoms with van der Waals surface area (Å²) in [5.74, 6) is 0.911. The van der Waals surface area contributed by atoms with Gasteiger partial charge in [-0.25, -0.2) is 4.98 Å². The summed E-state index contributed by atoms with van der Waals surface area (Å²) in [7, 11) is 0. The molecule has 0 fully saturated rings. The van der Waals surface area contributed by atoms with Crippen LogP contribution in [0.25, 0.3) is 27.3 Å². The first-order valence-corrected chi connectivity index (χ1v) is 9.34. The second kappa shape index (κ2) is 5.94. The Morgan fingerprint density at radius 1 is 0.760 bits per heavy atom. The summed E-state index contributed by atoms with van der Waals surface area (Å²) in [6.07, 6.45) is 0. The fourth-order valence-electron chi connectivity index (χ4n) is 3.32. The van der Waals surface area contributed by atoms with Gasteiger partial charge in [-0.2, -0.15) is 0 Å². The maximum Gasteiger partial charge on any atom is 0.173 e. The van der Waals surface area contributed by atoms with E-state index in [-0.39, 0.29) is 0 Å². The molecule has 0 saturated heterocycles. The van der Waals surface area contributed by atoms with Crippen LogP contribution >= 0.6 is 11.8 Å². The maximum absolute atomic E-state index is 4.97. The highest BCUT2D eigenvalue weighted by Gasteiger charge is 2.12. The molecule has 0 N–H and O–H groups in total. The number of benzene rings is 3. The van der Waals surface area contributed by atoms with Crippen LogP contribution in [0.15, 0.2) is 90.1 Å². The van der Waals surface area contributed by atoms with Crippen LogP contribution in [-0.2, 0) is 5.75 Å². The van der Waals surface area contributed by atoms with Crippen LogP contribution in [0.1, 0.15) is 5.56 Å². The van der Waals surface area contributed by atoms with Crippen molar-refractivity contribution in [2.24, 2.45) is 0 Å². The van der Waals surface area contributed by atoms with E-state index in [1.54, 1.807) is 11.8 Å². The van der Waals surface area contributed by atoms with Gasteiger partial charge in [0.25, 0.3) is 0 Å². The van der Waals surface area contributed by atoms with Crippen LogP contribution in [-0.4, -0.2) is 9.38 Å². The van der Waals surface area contributed by atoms with Crippen LogP contribution < -0.4 is 0 Å². The van der Waals surface area contributed by atoms with Crippen LogP contribution in [0.2, 0.25) is 0 Å². The average Bonchev–Trinajstić information content (AvgIpc) is 3.07. The highest BCUT2D eigenvalue weighted by atomic mass is 32.2. The number of rotatable bonds is 3. The largest absolute Gasteiger partial charge is 0.288 e. The van der Waals surface area contributed by atoms with Gasteiger partial charge in [0.15, 0.2) is 5.16 Å². The van der Waals surface area contributed by atoms with Gasteiger partial charge < -0.3 is 0 Å². The number of hydrogen-bond acceptors (Lipinski definition) is 2. The summed E-state index contributed by atoms with van der Waals surface area (Å²) in [5, 5.41) is 3.49. The van der Waals surface area contributed by atoms with Gasteiger partial charge >= 0.3 is 0 Å². The van der Waals surface area contributed by atoms with Gasteiger partial charge in [-0.1, -0.05) is 78.5 Å². The first-order chi connectivity index (χ1) is 12.4. The van der Waals surface area contributed by atoms with Gasteiger partial charge in [0.05, 0.1) is 16.6 Å². The third kappa shape index (κ3) is 2.48. The van der Waals surface area contributed by atoms with Gasteiger partial charge in [0, 0.05) is 16.5 Å². The topological polar surface area (TPSA) is 17.3 Å². The van der Waals surface area contributed by atoms with Crippen molar-refractivity contribution >= 4 is 39.1 Å². The Balaban J connectivity index is 1.74. The zero-order chi connectivity index (χ0) is 16.6. The lowest BCUT2D eigenvalue weighted by Gasteiger charge is -2.09. The van der Waals surface area contributed by atoms with Gasteiger partial charge in [0.1, 0.15) is 0 Å². The molecule has 2 nitrogen and oxygen atoms in total. The van der Waals surface area contributed by atoms with Crippen molar-refractivity contribution in [2.75, 3.05) is 0 Å². The summed E-state index contributed by atoms with van der Waals surface area (Å²) in [6, 6.07) is 29.7. The van der Waals surface area contributed by atoms with E-state index in [1.165, 1.54) is 27.4 Å². The predicted octanol–water partition coefficient (Wildman–Crippen LogP) is 5.93. The molecule has 2 aromatic heterocycles. The molecule has 0 spiro atoms. The van der Waals surface area contributed by atoms with Crippen molar-refractivity contribution < 1.29 is 0 Å². The van der Waals surface area contributed by atoms with Gasteiger partial charge in [0.2, 0.25) is 0 Å². The quantitative estimate of drug-likeness (QED) is 0.299. The molecule has 0 radical (unpaired) electrons. The first kappa shape index (κ1) is 14.6. The lowest BCUT2D eigenvalue weighted by molar-refractivity contribution is 0.958. The monoisotopic (exact) mass is 340 g/mol. The molecule has 0 saturated carbocycles. The number of thioether (sulfide) groups is 1. The Labute approximate surface area is 150 Å². The average molecular weight is 340 g/mol. The van der Waals surface area contributed by atoms with Gasteiger partial charge in [-0.15, -0.1) is 0 Å². The number of hydrogen-bond donors (Lipinski definition) is 0. The van der Waals surface area contributed by atoms with Crippen molar-refractivity contribution in [2.45, 2.75) is 10.9 Å². The molecule has 0 unspecified atom stereocenters. The van der Waals surface area contributed by atoms with Crippen molar-refractivity contribution in [1.82, 2.24) is 9.38 Å². The number of fused-ring (bicyclic) bond motifs is 5. The molecule has 3 aromatic carbocycles. The smallest absolute Gasteiger partial charge is 0.173 e. The summed E-state index contributed by atoms with van der Waals surface area (Å²) in [4.78, 5) is 4.97. The van der Waals surface area contributed by atoms with E-state index in [0.717, 1.165) is 16.4 Å². The Kier molecular flexibility index (Phi) is 3.46.